The van der Waals surface area contributed by atoms with Crippen molar-refractivity contribution in [2.45, 2.75) is 31.6 Å². The molecule has 0 bridgehead atoms. The van der Waals surface area contributed by atoms with Gasteiger partial charge in [-0.25, -0.2) is 0 Å². The fourth-order valence-electron chi connectivity index (χ4n) is 3.93. The molecule has 3 aromatic rings. The van der Waals surface area contributed by atoms with Gasteiger partial charge in [0.05, 0.1) is 0 Å². The molecule has 0 fully saturated rings. The molecule has 4 rings (SSSR count). The number of carboxylic acid groups (broad SMARTS) is 1. The normalized spacial score (nSPS) is 13.1. The molecular weight excluding hydrogens is 346 g/mol. The molecule has 1 aliphatic rings. The Morgan fingerprint density at radius 1 is 0.857 bits per heavy atom. The lowest BCUT2D eigenvalue weighted by Crippen LogP contribution is -2.37. The van der Waals surface area contributed by atoms with Gasteiger partial charge in [-0.3, -0.25) is 4.79 Å². The molecule has 3 aromatic carbocycles. The van der Waals surface area contributed by atoms with Crippen LogP contribution < -0.4 is 5.73 Å². The fraction of sp³-hybridized carbons (Fsp3) is 0.240. The van der Waals surface area contributed by atoms with Crippen LogP contribution in [0.5, 0.6) is 0 Å². The summed E-state index contributed by atoms with van der Waals surface area (Å²) >= 11 is 0. The first-order valence-electron chi connectivity index (χ1n) is 9.82. The number of benzene rings is 3. The summed E-state index contributed by atoms with van der Waals surface area (Å²) in [5.74, 6) is -0.793. The van der Waals surface area contributed by atoms with Crippen LogP contribution in [0.3, 0.4) is 0 Å². The molecular formula is C25H27NO2. The molecule has 1 aliphatic carbocycles. The minimum Gasteiger partial charge on any atom is -0.480 e. The highest BCUT2D eigenvalue weighted by Crippen LogP contribution is 2.50. The molecule has 0 saturated heterocycles. The van der Waals surface area contributed by atoms with E-state index >= 15 is 0 Å². The number of fused-ring (bicyclic) bond motifs is 3. The summed E-state index contributed by atoms with van der Waals surface area (Å²) < 4.78 is 0. The third-order valence-corrected chi connectivity index (χ3v) is 5.30. The minimum absolute atomic E-state index is 0.456. The van der Waals surface area contributed by atoms with Crippen molar-refractivity contribution in [3.05, 3.63) is 95.6 Å². The van der Waals surface area contributed by atoms with Crippen molar-refractivity contribution in [3.8, 4) is 11.1 Å². The Bertz CT molecular complexity index is 887. The van der Waals surface area contributed by atoms with Crippen molar-refractivity contribution in [1.29, 1.82) is 0 Å². The summed E-state index contributed by atoms with van der Waals surface area (Å²) in [6, 6.07) is 25.6. The zero-order chi connectivity index (χ0) is 20.0. The molecule has 0 amide bonds. The molecule has 0 saturated carbocycles. The molecule has 28 heavy (non-hydrogen) atoms. The molecule has 3 heteroatoms. The SMILES string of the molecule is CCCCN.O=C(O)C1(Cc2ccccc2)c2ccccc2-c2ccccc21. The van der Waals surface area contributed by atoms with E-state index in [2.05, 4.69) is 6.92 Å². The zero-order valence-electron chi connectivity index (χ0n) is 16.3. The van der Waals surface area contributed by atoms with E-state index in [-0.39, 0.29) is 0 Å². The number of carbonyl (C=O) groups is 1. The first kappa shape index (κ1) is 19.8. The van der Waals surface area contributed by atoms with Crippen LogP contribution in [0.1, 0.15) is 36.5 Å². The van der Waals surface area contributed by atoms with Crippen molar-refractivity contribution in [1.82, 2.24) is 0 Å². The Morgan fingerprint density at radius 3 is 1.79 bits per heavy atom. The monoisotopic (exact) mass is 373 g/mol. The molecule has 0 unspecified atom stereocenters. The van der Waals surface area contributed by atoms with Gasteiger partial charge in [0.25, 0.3) is 0 Å². The largest absolute Gasteiger partial charge is 0.480 e. The number of unbranched alkanes of at least 4 members (excludes halogenated alkanes) is 1. The predicted octanol–water partition coefficient (Wildman–Crippen LogP) is 5.03. The summed E-state index contributed by atoms with van der Waals surface area (Å²) in [5.41, 5.74) is 8.98. The predicted molar refractivity (Wildman–Crippen MR) is 114 cm³/mol. The Hall–Kier alpha value is -2.91. The van der Waals surface area contributed by atoms with E-state index in [0.717, 1.165) is 34.4 Å². The van der Waals surface area contributed by atoms with Crippen LogP contribution in [-0.2, 0) is 16.6 Å². The number of carboxylic acids is 1. The third-order valence-electron chi connectivity index (χ3n) is 5.30. The van der Waals surface area contributed by atoms with Gasteiger partial charge in [-0.15, -0.1) is 0 Å². The molecule has 144 valence electrons. The Kier molecular flexibility index (Phi) is 6.27. The van der Waals surface area contributed by atoms with Crippen molar-refractivity contribution < 1.29 is 9.90 Å². The zero-order valence-corrected chi connectivity index (χ0v) is 16.3. The quantitative estimate of drug-likeness (QED) is 0.660. The number of rotatable bonds is 5. The summed E-state index contributed by atoms with van der Waals surface area (Å²) in [7, 11) is 0. The van der Waals surface area contributed by atoms with Gasteiger partial charge >= 0.3 is 5.97 Å². The highest BCUT2D eigenvalue weighted by molar-refractivity contribution is 5.97. The van der Waals surface area contributed by atoms with Gasteiger partial charge in [-0.2, -0.15) is 0 Å². The van der Waals surface area contributed by atoms with Gasteiger partial charge in [0.2, 0.25) is 0 Å². The molecule has 0 aromatic heterocycles. The molecule has 0 spiro atoms. The molecule has 0 aliphatic heterocycles. The lowest BCUT2D eigenvalue weighted by molar-refractivity contribution is -0.142. The second-order valence-electron chi connectivity index (χ2n) is 7.11. The van der Waals surface area contributed by atoms with Crippen molar-refractivity contribution in [2.75, 3.05) is 6.54 Å². The van der Waals surface area contributed by atoms with E-state index < -0.39 is 11.4 Å². The van der Waals surface area contributed by atoms with Gasteiger partial charge in [-0.1, -0.05) is 92.2 Å². The second kappa shape index (κ2) is 8.85. The molecule has 3 N–H and O–H groups in total. The highest BCUT2D eigenvalue weighted by Gasteiger charge is 2.49. The maximum absolute atomic E-state index is 12.5. The maximum Gasteiger partial charge on any atom is 0.319 e. The van der Waals surface area contributed by atoms with E-state index in [1.807, 2.05) is 78.9 Å². The average Bonchev–Trinajstić information content (AvgIpc) is 3.01. The third kappa shape index (κ3) is 3.58. The number of hydrogen-bond donors (Lipinski definition) is 2. The molecule has 3 nitrogen and oxygen atoms in total. The van der Waals surface area contributed by atoms with Gasteiger partial charge in [0.15, 0.2) is 0 Å². The van der Waals surface area contributed by atoms with Gasteiger partial charge in [0, 0.05) is 0 Å². The van der Waals surface area contributed by atoms with Crippen LogP contribution in [0.15, 0.2) is 78.9 Å². The van der Waals surface area contributed by atoms with Gasteiger partial charge < -0.3 is 10.8 Å². The second-order valence-corrected chi connectivity index (χ2v) is 7.11. The maximum atomic E-state index is 12.5. The van der Waals surface area contributed by atoms with E-state index in [1.54, 1.807) is 0 Å². The van der Waals surface area contributed by atoms with Crippen LogP contribution in [0, 0.1) is 0 Å². The van der Waals surface area contributed by atoms with Crippen LogP contribution >= 0.6 is 0 Å². The topological polar surface area (TPSA) is 63.3 Å². The summed E-state index contributed by atoms with van der Waals surface area (Å²) in [6.07, 6.45) is 2.84. The lowest BCUT2D eigenvalue weighted by atomic mass is 9.73. The van der Waals surface area contributed by atoms with Crippen molar-refractivity contribution in [3.63, 3.8) is 0 Å². The minimum atomic E-state index is -1.02. The fourth-order valence-corrected chi connectivity index (χ4v) is 3.93. The summed E-state index contributed by atoms with van der Waals surface area (Å²) in [5, 5.41) is 10.2. The van der Waals surface area contributed by atoms with E-state index in [9.17, 15) is 9.90 Å². The molecule has 0 heterocycles. The van der Waals surface area contributed by atoms with Gasteiger partial charge in [-0.05, 0) is 47.2 Å². The van der Waals surface area contributed by atoms with Crippen LogP contribution in [0.2, 0.25) is 0 Å². The number of aliphatic carboxylic acids is 1. The van der Waals surface area contributed by atoms with Crippen LogP contribution in [0.25, 0.3) is 11.1 Å². The Labute approximate surface area is 166 Å². The van der Waals surface area contributed by atoms with Crippen LogP contribution in [0.4, 0.5) is 0 Å². The summed E-state index contributed by atoms with van der Waals surface area (Å²) in [6.45, 7) is 2.98. The smallest absolute Gasteiger partial charge is 0.319 e. The molecule has 0 atom stereocenters. The van der Waals surface area contributed by atoms with Crippen molar-refractivity contribution in [2.24, 2.45) is 5.73 Å². The van der Waals surface area contributed by atoms with E-state index in [0.29, 0.717) is 6.42 Å². The van der Waals surface area contributed by atoms with E-state index in [4.69, 9.17) is 5.73 Å². The lowest BCUT2D eigenvalue weighted by Gasteiger charge is -2.27. The van der Waals surface area contributed by atoms with E-state index in [1.165, 1.54) is 12.8 Å². The number of nitrogens with two attached hydrogens (primary N) is 1. The summed E-state index contributed by atoms with van der Waals surface area (Å²) in [4.78, 5) is 12.5. The average molecular weight is 373 g/mol. The molecule has 0 radical (unpaired) electrons. The van der Waals surface area contributed by atoms with Crippen molar-refractivity contribution >= 4 is 5.97 Å². The first-order chi connectivity index (χ1) is 13.6. The first-order valence-corrected chi connectivity index (χ1v) is 9.82. The highest BCUT2D eigenvalue weighted by atomic mass is 16.4. The van der Waals surface area contributed by atoms with Gasteiger partial charge in [0.1, 0.15) is 5.41 Å². The number of hydrogen-bond acceptors (Lipinski definition) is 2. The Balaban J connectivity index is 0.000000403. The standard InChI is InChI=1S/C21H16O2.C4H11N/c22-20(23)21(14-15-8-2-1-3-9-15)18-12-6-4-10-16(18)17-11-5-7-13-19(17)21;1-2-3-4-5/h1-13H,14H2,(H,22,23);2-5H2,1H3. The van der Waals surface area contributed by atoms with Crippen LogP contribution in [-0.4, -0.2) is 17.6 Å². The Morgan fingerprint density at radius 2 is 1.36 bits per heavy atom.